The van der Waals surface area contributed by atoms with Crippen LogP contribution in [0.5, 0.6) is 0 Å². The third-order valence-corrected chi connectivity index (χ3v) is 10.6. The number of nitrogens with one attached hydrogen (secondary N) is 1. The number of rotatable bonds is 7. The minimum Gasteiger partial charge on any atom is -0.464 e. The van der Waals surface area contributed by atoms with Crippen molar-refractivity contribution in [3.63, 3.8) is 0 Å². The molecule has 194 valence electrons. The summed E-state index contributed by atoms with van der Waals surface area (Å²) in [6.45, 7) is 8.13. The topological polar surface area (TPSA) is 94.8 Å². The molecular weight excluding hydrogens is 489 g/mol. The Morgan fingerprint density at radius 3 is 2.68 bits per heavy atom. The summed E-state index contributed by atoms with van der Waals surface area (Å²) in [4.78, 5) is 11.9. The average molecular weight is 521 g/mol. The number of fused-ring (bicyclic) bond motifs is 1. The fraction of sp³-hybridized carbons (Fsp3) is 0.464. The molecule has 9 heteroatoms. The Hall–Kier alpha value is -2.46. The molecule has 2 heterocycles. The van der Waals surface area contributed by atoms with Gasteiger partial charge in [-0.05, 0) is 74.1 Å². The number of furan rings is 1. The van der Waals surface area contributed by atoms with Crippen LogP contribution < -0.4 is 4.72 Å². The number of benzene rings is 2. The standard InChI is InChI=1S/C28H32BNO6S/c1-17(31)18-8-7-9-21(12-18)37(32,33)30-26(13-19-16-34-23-11-6-5-10-22(19)23)29-35-25-15-20-14-24(27(20,2)3)28(25,4)36-29/h5-12,16,20,24-26,30H,13-15H2,1-4H3/t20-,24-,25+,26-,28-/m0/s1. The van der Waals surface area contributed by atoms with Crippen molar-refractivity contribution in [1.82, 2.24) is 4.72 Å². The van der Waals surface area contributed by atoms with E-state index in [4.69, 9.17) is 13.7 Å². The maximum Gasteiger partial charge on any atom is 0.477 e. The number of para-hydroxylation sites is 1. The lowest BCUT2D eigenvalue weighted by molar-refractivity contribution is -0.199. The van der Waals surface area contributed by atoms with Gasteiger partial charge in [-0.15, -0.1) is 0 Å². The summed E-state index contributed by atoms with van der Waals surface area (Å²) in [5.41, 5.74) is 1.66. The van der Waals surface area contributed by atoms with Gasteiger partial charge < -0.3 is 13.7 Å². The fourth-order valence-electron chi connectivity index (χ4n) is 6.84. The fourth-order valence-corrected chi connectivity index (χ4v) is 8.11. The number of Topliss-reactive ketones (excluding diaryl/α,β-unsaturated/α-hetero) is 1. The third kappa shape index (κ3) is 3.98. The molecule has 0 unspecified atom stereocenters. The lowest BCUT2D eigenvalue weighted by atomic mass is 9.43. The number of hydrogen-bond donors (Lipinski definition) is 1. The van der Waals surface area contributed by atoms with Crippen LogP contribution in [-0.4, -0.2) is 39.0 Å². The number of carbonyl (C=O) groups is 1. The van der Waals surface area contributed by atoms with Gasteiger partial charge in [-0.3, -0.25) is 4.79 Å². The van der Waals surface area contributed by atoms with E-state index in [0.717, 1.165) is 29.4 Å². The van der Waals surface area contributed by atoms with Gasteiger partial charge in [-0.2, -0.15) is 0 Å². The molecular formula is C28H32BNO6S. The van der Waals surface area contributed by atoms with Crippen LogP contribution in [0.25, 0.3) is 11.0 Å². The van der Waals surface area contributed by atoms with Crippen LogP contribution in [-0.2, 0) is 25.8 Å². The van der Waals surface area contributed by atoms with E-state index in [1.165, 1.54) is 19.1 Å². The molecule has 7 rings (SSSR count). The summed E-state index contributed by atoms with van der Waals surface area (Å²) in [5, 5.41) is 0.926. The van der Waals surface area contributed by atoms with E-state index in [0.29, 0.717) is 23.8 Å². The van der Waals surface area contributed by atoms with Crippen molar-refractivity contribution < 1.29 is 26.9 Å². The molecule has 4 aliphatic rings. The molecule has 0 amide bonds. The summed E-state index contributed by atoms with van der Waals surface area (Å²) in [6, 6.07) is 13.8. The Kier molecular flexibility index (Phi) is 5.73. The largest absolute Gasteiger partial charge is 0.477 e. The number of ketones is 1. The van der Waals surface area contributed by atoms with E-state index in [1.54, 1.807) is 18.4 Å². The molecule has 1 aliphatic heterocycles. The van der Waals surface area contributed by atoms with Crippen LogP contribution in [0.15, 0.2) is 64.1 Å². The second kappa shape index (κ2) is 8.53. The average Bonchev–Trinajstić information content (AvgIpc) is 3.44. The molecule has 3 aliphatic carbocycles. The van der Waals surface area contributed by atoms with Gasteiger partial charge in [0.15, 0.2) is 5.78 Å². The highest BCUT2D eigenvalue weighted by molar-refractivity contribution is 7.89. The monoisotopic (exact) mass is 521 g/mol. The van der Waals surface area contributed by atoms with Gasteiger partial charge in [0.05, 0.1) is 28.8 Å². The van der Waals surface area contributed by atoms with Gasteiger partial charge in [0.1, 0.15) is 5.58 Å². The Morgan fingerprint density at radius 1 is 1.14 bits per heavy atom. The van der Waals surface area contributed by atoms with Crippen LogP contribution in [0, 0.1) is 17.3 Å². The second-order valence-corrected chi connectivity index (χ2v) is 13.3. The molecule has 2 bridgehead atoms. The van der Waals surface area contributed by atoms with Gasteiger partial charge in [0, 0.05) is 10.9 Å². The zero-order valence-electron chi connectivity index (χ0n) is 21.6. The first kappa shape index (κ1) is 24.9. The zero-order valence-corrected chi connectivity index (χ0v) is 22.4. The van der Waals surface area contributed by atoms with Crippen LogP contribution in [0.4, 0.5) is 0 Å². The number of carbonyl (C=O) groups excluding carboxylic acids is 1. The highest BCUT2D eigenvalue weighted by Gasteiger charge is 2.68. The van der Waals surface area contributed by atoms with Crippen LogP contribution in [0.2, 0.25) is 0 Å². The van der Waals surface area contributed by atoms with Crippen molar-refractivity contribution in [2.24, 2.45) is 17.3 Å². The molecule has 1 saturated heterocycles. The Morgan fingerprint density at radius 2 is 1.92 bits per heavy atom. The summed E-state index contributed by atoms with van der Waals surface area (Å²) < 4.78 is 48.9. The van der Waals surface area contributed by atoms with Gasteiger partial charge in [0.2, 0.25) is 10.0 Å². The predicted octanol–water partition coefficient (Wildman–Crippen LogP) is 4.79. The molecule has 1 N–H and O–H groups in total. The van der Waals surface area contributed by atoms with E-state index in [2.05, 4.69) is 25.5 Å². The molecule has 7 nitrogen and oxygen atoms in total. The number of hydrogen-bond acceptors (Lipinski definition) is 6. The van der Waals surface area contributed by atoms with Gasteiger partial charge in [-0.25, -0.2) is 13.1 Å². The van der Waals surface area contributed by atoms with E-state index in [1.807, 2.05) is 24.3 Å². The molecule has 0 spiro atoms. The summed E-state index contributed by atoms with van der Waals surface area (Å²) in [7, 11) is -4.74. The highest BCUT2D eigenvalue weighted by atomic mass is 32.2. The minimum absolute atomic E-state index is 0.0345. The van der Waals surface area contributed by atoms with Crippen LogP contribution >= 0.6 is 0 Å². The van der Waals surface area contributed by atoms with Crippen molar-refractivity contribution in [2.45, 2.75) is 69.5 Å². The lowest BCUT2D eigenvalue weighted by Crippen LogP contribution is -2.65. The number of sulfonamides is 1. The van der Waals surface area contributed by atoms with E-state index in [-0.39, 0.29) is 22.2 Å². The first-order valence-electron chi connectivity index (χ1n) is 12.9. The first-order chi connectivity index (χ1) is 17.5. The molecule has 5 atom stereocenters. The van der Waals surface area contributed by atoms with Crippen molar-refractivity contribution in [3.8, 4) is 0 Å². The molecule has 2 aromatic carbocycles. The van der Waals surface area contributed by atoms with Gasteiger partial charge in [0.25, 0.3) is 0 Å². The molecule has 37 heavy (non-hydrogen) atoms. The summed E-state index contributed by atoms with van der Waals surface area (Å²) in [5.74, 6) is 0.0440. The highest BCUT2D eigenvalue weighted by Crippen LogP contribution is 2.65. The quantitative estimate of drug-likeness (QED) is 0.355. The zero-order chi connectivity index (χ0) is 26.2. The van der Waals surface area contributed by atoms with E-state index < -0.39 is 28.7 Å². The van der Waals surface area contributed by atoms with Crippen molar-refractivity contribution >= 4 is 33.9 Å². The predicted molar refractivity (Wildman–Crippen MR) is 141 cm³/mol. The molecule has 3 saturated carbocycles. The Bertz CT molecular complexity index is 1480. The minimum atomic E-state index is -3.98. The van der Waals surface area contributed by atoms with Gasteiger partial charge >= 0.3 is 7.12 Å². The smallest absolute Gasteiger partial charge is 0.464 e. The van der Waals surface area contributed by atoms with Crippen molar-refractivity contribution in [1.29, 1.82) is 0 Å². The molecule has 4 fully saturated rings. The molecule has 3 aromatic rings. The summed E-state index contributed by atoms with van der Waals surface area (Å²) >= 11 is 0. The SMILES string of the molecule is CC(=O)c1cccc(S(=O)(=O)N[C@@H](Cc2coc3ccccc23)B2O[C@@H]3C[C@@H]4C[C@@H](C4(C)C)[C@]3(C)O2)c1. The lowest BCUT2D eigenvalue weighted by Gasteiger charge is -2.64. The van der Waals surface area contributed by atoms with Crippen LogP contribution in [0.3, 0.4) is 0 Å². The molecule has 0 radical (unpaired) electrons. The maximum absolute atomic E-state index is 13.6. The van der Waals surface area contributed by atoms with Gasteiger partial charge in [-0.1, -0.05) is 44.2 Å². The normalized spacial score (nSPS) is 29.1. The Balaban J connectivity index is 1.34. The summed E-state index contributed by atoms with van der Waals surface area (Å²) in [6.07, 6.45) is 3.94. The first-order valence-corrected chi connectivity index (χ1v) is 14.4. The maximum atomic E-state index is 13.6. The second-order valence-electron chi connectivity index (χ2n) is 11.6. The molecule has 1 aromatic heterocycles. The van der Waals surface area contributed by atoms with Crippen molar-refractivity contribution in [2.75, 3.05) is 0 Å². The van der Waals surface area contributed by atoms with E-state index in [9.17, 15) is 13.2 Å². The Labute approximate surface area is 218 Å². The third-order valence-electron chi connectivity index (χ3n) is 9.16. The van der Waals surface area contributed by atoms with E-state index >= 15 is 0 Å². The van der Waals surface area contributed by atoms with Crippen LogP contribution in [0.1, 0.15) is 56.5 Å². The van der Waals surface area contributed by atoms with Crippen molar-refractivity contribution in [3.05, 3.63) is 65.9 Å².